The molecule has 192 valence electrons. The number of unbranched alkanes of at least 4 members (excludes halogenated alkanes) is 14. The second kappa shape index (κ2) is 15.8. The quantitative estimate of drug-likeness (QED) is 0.203. The molecule has 0 bridgehead atoms. The molecule has 2 rings (SSSR count). The summed E-state index contributed by atoms with van der Waals surface area (Å²) in [5.74, 6) is 2.02. The summed E-state index contributed by atoms with van der Waals surface area (Å²) in [5, 5.41) is 0.513. The molecule has 1 heterocycles. The maximum atomic E-state index is 12.9. The van der Waals surface area contributed by atoms with Crippen LogP contribution in [-0.4, -0.2) is 14.2 Å². The summed E-state index contributed by atoms with van der Waals surface area (Å²) in [7, 11) is 3.22. The fourth-order valence-corrected chi connectivity index (χ4v) is 5.05. The van der Waals surface area contributed by atoms with E-state index in [-0.39, 0.29) is 5.43 Å². The van der Waals surface area contributed by atoms with E-state index in [9.17, 15) is 4.79 Å². The first-order valence-corrected chi connectivity index (χ1v) is 13.7. The van der Waals surface area contributed by atoms with E-state index in [0.29, 0.717) is 16.7 Å². The molecule has 0 aliphatic heterocycles. The molecular formula is C30H48O4. The van der Waals surface area contributed by atoms with Gasteiger partial charge in [0.1, 0.15) is 28.2 Å². The number of benzene rings is 1. The van der Waals surface area contributed by atoms with E-state index in [1.54, 1.807) is 20.3 Å². The molecular weight excluding hydrogens is 424 g/mol. The van der Waals surface area contributed by atoms with Crippen molar-refractivity contribution in [1.29, 1.82) is 0 Å². The summed E-state index contributed by atoms with van der Waals surface area (Å²) in [6.07, 6.45) is 21.0. The van der Waals surface area contributed by atoms with Gasteiger partial charge in [-0.3, -0.25) is 4.79 Å². The summed E-state index contributed by atoms with van der Waals surface area (Å²) < 4.78 is 17.3. The maximum Gasteiger partial charge on any atom is 0.196 e. The van der Waals surface area contributed by atoms with Gasteiger partial charge in [0, 0.05) is 23.6 Å². The van der Waals surface area contributed by atoms with E-state index in [0.717, 1.165) is 35.5 Å². The van der Waals surface area contributed by atoms with E-state index in [2.05, 4.69) is 6.92 Å². The first-order chi connectivity index (χ1) is 16.5. The Bertz CT molecular complexity index is 912. The molecule has 1 aromatic carbocycles. The minimum absolute atomic E-state index is 0.0390. The smallest absolute Gasteiger partial charge is 0.196 e. The molecule has 0 saturated carbocycles. The van der Waals surface area contributed by atoms with Crippen LogP contribution in [0.4, 0.5) is 0 Å². The Hall–Kier alpha value is -1.97. The molecule has 0 aliphatic rings. The van der Waals surface area contributed by atoms with Crippen molar-refractivity contribution in [2.75, 3.05) is 14.2 Å². The zero-order valence-corrected chi connectivity index (χ0v) is 22.5. The van der Waals surface area contributed by atoms with E-state index in [1.165, 1.54) is 89.9 Å². The highest BCUT2D eigenvalue weighted by atomic mass is 16.5. The lowest BCUT2D eigenvalue weighted by atomic mass is 10.0. The van der Waals surface area contributed by atoms with Crippen molar-refractivity contribution in [2.24, 2.45) is 0 Å². The molecule has 2 aromatic rings. The van der Waals surface area contributed by atoms with Gasteiger partial charge in [-0.2, -0.15) is 0 Å². The number of aryl methyl sites for hydroxylation is 2. The SMILES string of the molecule is CCCCCCCCCCCCCCCCCc1cc(=O)c2c(OC)c(C)c(OC)c(C)c2o1. The Morgan fingerprint density at radius 2 is 1.15 bits per heavy atom. The first-order valence-electron chi connectivity index (χ1n) is 13.7. The third-order valence-corrected chi connectivity index (χ3v) is 7.02. The van der Waals surface area contributed by atoms with Crippen LogP contribution in [0.15, 0.2) is 15.3 Å². The summed E-state index contributed by atoms with van der Waals surface area (Å²) in [5.41, 5.74) is 2.23. The standard InChI is InChI=1S/C30H48O4/c1-6-7-8-9-10-11-12-13-14-15-16-17-18-19-20-21-25-22-26(31)27-29(33-5)23(2)28(32-4)24(3)30(27)34-25/h22H,6-21H2,1-5H3. The topological polar surface area (TPSA) is 48.7 Å². The number of rotatable bonds is 18. The van der Waals surface area contributed by atoms with Crippen LogP contribution < -0.4 is 14.9 Å². The van der Waals surface area contributed by atoms with Crippen molar-refractivity contribution < 1.29 is 13.9 Å². The van der Waals surface area contributed by atoms with Crippen molar-refractivity contribution in [1.82, 2.24) is 0 Å². The highest BCUT2D eigenvalue weighted by Crippen LogP contribution is 2.38. The lowest BCUT2D eigenvalue weighted by molar-refractivity contribution is 0.387. The van der Waals surface area contributed by atoms with Crippen LogP contribution in [0.2, 0.25) is 0 Å². The fraction of sp³-hybridized carbons (Fsp3) is 0.700. The fourth-order valence-electron chi connectivity index (χ4n) is 5.05. The second-order valence-electron chi connectivity index (χ2n) is 9.80. The van der Waals surface area contributed by atoms with Gasteiger partial charge in [-0.25, -0.2) is 0 Å². The molecule has 0 aliphatic carbocycles. The Balaban J connectivity index is 1.68. The normalized spacial score (nSPS) is 11.3. The van der Waals surface area contributed by atoms with E-state index >= 15 is 0 Å². The summed E-state index contributed by atoms with van der Waals surface area (Å²) in [4.78, 5) is 12.9. The molecule has 0 saturated heterocycles. The molecule has 1 aromatic heterocycles. The Labute approximate surface area is 207 Å². The maximum absolute atomic E-state index is 12.9. The number of hydrogen-bond donors (Lipinski definition) is 0. The lowest BCUT2D eigenvalue weighted by Crippen LogP contribution is -2.08. The molecule has 4 nitrogen and oxygen atoms in total. The highest BCUT2D eigenvalue weighted by Gasteiger charge is 2.20. The number of fused-ring (bicyclic) bond motifs is 1. The van der Waals surface area contributed by atoms with Crippen molar-refractivity contribution in [3.63, 3.8) is 0 Å². The zero-order chi connectivity index (χ0) is 24.8. The van der Waals surface area contributed by atoms with Gasteiger partial charge in [0.15, 0.2) is 5.43 Å². The van der Waals surface area contributed by atoms with E-state index < -0.39 is 0 Å². The van der Waals surface area contributed by atoms with Gasteiger partial charge in [-0.15, -0.1) is 0 Å². The molecule has 0 amide bonds. The Kier molecular flexibility index (Phi) is 13.2. The van der Waals surface area contributed by atoms with Crippen molar-refractivity contribution in [3.05, 3.63) is 33.2 Å². The zero-order valence-electron chi connectivity index (χ0n) is 22.5. The van der Waals surface area contributed by atoms with Crippen LogP contribution >= 0.6 is 0 Å². The molecule has 0 atom stereocenters. The second-order valence-corrected chi connectivity index (χ2v) is 9.80. The van der Waals surface area contributed by atoms with Crippen LogP contribution in [0.1, 0.15) is 120 Å². The molecule has 0 spiro atoms. The van der Waals surface area contributed by atoms with Crippen molar-refractivity contribution in [3.8, 4) is 11.5 Å². The van der Waals surface area contributed by atoms with Crippen molar-refractivity contribution >= 4 is 11.0 Å². The molecule has 34 heavy (non-hydrogen) atoms. The van der Waals surface area contributed by atoms with Crippen LogP contribution in [-0.2, 0) is 6.42 Å². The average molecular weight is 473 g/mol. The molecule has 0 fully saturated rings. The van der Waals surface area contributed by atoms with Gasteiger partial charge >= 0.3 is 0 Å². The molecule has 0 N–H and O–H groups in total. The van der Waals surface area contributed by atoms with E-state index in [4.69, 9.17) is 13.9 Å². The van der Waals surface area contributed by atoms with Gasteiger partial charge in [0.05, 0.1) is 14.2 Å². The summed E-state index contributed by atoms with van der Waals surface area (Å²) in [6, 6.07) is 1.64. The highest BCUT2D eigenvalue weighted by molar-refractivity contribution is 5.90. The third-order valence-electron chi connectivity index (χ3n) is 7.02. The van der Waals surface area contributed by atoms with Gasteiger partial charge in [-0.05, 0) is 20.3 Å². The minimum atomic E-state index is -0.0390. The number of methoxy groups -OCH3 is 2. The van der Waals surface area contributed by atoms with Crippen LogP contribution in [0, 0.1) is 13.8 Å². The predicted molar refractivity (Wildman–Crippen MR) is 144 cm³/mol. The number of ether oxygens (including phenoxy) is 2. The van der Waals surface area contributed by atoms with Gasteiger partial charge in [0.2, 0.25) is 0 Å². The van der Waals surface area contributed by atoms with Gasteiger partial charge < -0.3 is 13.9 Å². The first kappa shape index (κ1) is 28.3. The largest absolute Gasteiger partial charge is 0.496 e. The predicted octanol–water partition coefficient (Wildman–Crippen LogP) is 8.84. The Morgan fingerprint density at radius 1 is 0.676 bits per heavy atom. The lowest BCUT2D eigenvalue weighted by Gasteiger charge is -2.16. The average Bonchev–Trinajstić information content (AvgIpc) is 2.82. The molecule has 0 unspecified atom stereocenters. The van der Waals surface area contributed by atoms with Crippen LogP contribution in [0.25, 0.3) is 11.0 Å². The summed E-state index contributed by atoms with van der Waals surface area (Å²) in [6.45, 7) is 6.13. The monoisotopic (exact) mass is 472 g/mol. The van der Waals surface area contributed by atoms with Crippen LogP contribution in [0.3, 0.4) is 0 Å². The minimum Gasteiger partial charge on any atom is -0.496 e. The molecule has 0 radical (unpaired) electrons. The number of hydrogen-bond acceptors (Lipinski definition) is 4. The van der Waals surface area contributed by atoms with Gasteiger partial charge in [0.25, 0.3) is 0 Å². The van der Waals surface area contributed by atoms with Gasteiger partial charge in [-0.1, -0.05) is 96.8 Å². The van der Waals surface area contributed by atoms with Crippen molar-refractivity contribution in [2.45, 2.75) is 124 Å². The van der Waals surface area contributed by atoms with Crippen LogP contribution in [0.5, 0.6) is 11.5 Å². The molecule has 4 heteroatoms. The Morgan fingerprint density at radius 3 is 1.62 bits per heavy atom. The van der Waals surface area contributed by atoms with E-state index in [1.807, 2.05) is 13.8 Å². The third kappa shape index (κ3) is 8.36. The summed E-state index contributed by atoms with van der Waals surface area (Å²) >= 11 is 0.